The number of hydrogen-bond donors (Lipinski definition) is 1. The number of benzene rings is 1. The van der Waals surface area contributed by atoms with Gasteiger partial charge < -0.3 is 10.0 Å². The fraction of sp³-hybridized carbons (Fsp3) is 0.0714. The van der Waals surface area contributed by atoms with Gasteiger partial charge in [0.25, 0.3) is 5.91 Å². The van der Waals surface area contributed by atoms with Crippen LogP contribution in [0.25, 0.3) is 0 Å². The molecule has 0 fully saturated rings. The molecule has 1 aromatic carbocycles. The number of carbonyl (C=O) groups is 2. The van der Waals surface area contributed by atoms with Crippen LogP contribution in [0.3, 0.4) is 0 Å². The van der Waals surface area contributed by atoms with Gasteiger partial charge in [-0.25, -0.2) is 4.79 Å². The van der Waals surface area contributed by atoms with E-state index in [1.54, 1.807) is 43.7 Å². The van der Waals surface area contributed by atoms with E-state index < -0.39 is 5.97 Å². The number of hydrogen-bond acceptors (Lipinski definition) is 3. The summed E-state index contributed by atoms with van der Waals surface area (Å²) in [5.41, 5.74) is 0.808. The Balaban J connectivity index is 2.38. The van der Waals surface area contributed by atoms with Crippen molar-refractivity contribution in [2.24, 2.45) is 0 Å². The molecule has 0 aliphatic carbocycles. The summed E-state index contributed by atoms with van der Waals surface area (Å²) in [5.74, 6) is -1.49. The van der Waals surface area contributed by atoms with Gasteiger partial charge in [0.1, 0.15) is 0 Å². The summed E-state index contributed by atoms with van der Waals surface area (Å²) in [6.45, 7) is 0. The standard InChI is InChI=1S/C14H12N2O3/c1-16(10-6-8-15-9-7-10)13(17)11-4-2-3-5-12(11)14(18)19/h2-9H,1H3,(H,18,19). The molecule has 1 amide bonds. The minimum Gasteiger partial charge on any atom is -0.478 e. The summed E-state index contributed by atoms with van der Waals surface area (Å²) < 4.78 is 0. The highest BCUT2D eigenvalue weighted by Crippen LogP contribution is 2.16. The van der Waals surface area contributed by atoms with Crippen LogP contribution in [0, 0.1) is 0 Å². The highest BCUT2D eigenvalue weighted by Gasteiger charge is 2.19. The molecule has 1 aromatic heterocycles. The predicted molar refractivity (Wildman–Crippen MR) is 70.4 cm³/mol. The summed E-state index contributed by atoms with van der Waals surface area (Å²) >= 11 is 0. The summed E-state index contributed by atoms with van der Waals surface area (Å²) in [6.07, 6.45) is 3.14. The van der Waals surface area contributed by atoms with Crippen LogP contribution in [0.2, 0.25) is 0 Å². The minimum absolute atomic E-state index is 0.00611. The van der Waals surface area contributed by atoms with Crippen LogP contribution in [-0.2, 0) is 0 Å². The number of amides is 1. The number of carboxylic acids is 1. The molecule has 5 heteroatoms. The first-order valence-corrected chi connectivity index (χ1v) is 5.61. The lowest BCUT2D eigenvalue weighted by molar-refractivity contribution is 0.0692. The number of rotatable bonds is 3. The highest BCUT2D eigenvalue weighted by molar-refractivity contribution is 6.11. The van der Waals surface area contributed by atoms with E-state index in [1.807, 2.05) is 0 Å². The second kappa shape index (κ2) is 5.30. The van der Waals surface area contributed by atoms with Gasteiger partial charge in [-0.1, -0.05) is 12.1 Å². The van der Waals surface area contributed by atoms with Crippen LogP contribution in [0.1, 0.15) is 20.7 Å². The Morgan fingerprint density at radius 3 is 2.21 bits per heavy atom. The van der Waals surface area contributed by atoms with E-state index in [2.05, 4.69) is 4.98 Å². The Morgan fingerprint density at radius 1 is 1.05 bits per heavy atom. The Labute approximate surface area is 110 Å². The molecule has 5 nitrogen and oxygen atoms in total. The van der Waals surface area contributed by atoms with E-state index in [0.29, 0.717) is 5.69 Å². The van der Waals surface area contributed by atoms with E-state index >= 15 is 0 Å². The Morgan fingerprint density at radius 2 is 1.63 bits per heavy atom. The van der Waals surface area contributed by atoms with Gasteiger partial charge in [0.15, 0.2) is 0 Å². The van der Waals surface area contributed by atoms with Gasteiger partial charge in [0, 0.05) is 25.1 Å². The molecular weight excluding hydrogens is 244 g/mol. The third kappa shape index (κ3) is 2.60. The van der Waals surface area contributed by atoms with Gasteiger partial charge in [-0.3, -0.25) is 9.78 Å². The van der Waals surface area contributed by atoms with Gasteiger partial charge in [-0.05, 0) is 24.3 Å². The first-order valence-electron chi connectivity index (χ1n) is 5.61. The molecule has 1 heterocycles. The van der Waals surface area contributed by atoms with Crippen LogP contribution in [0.5, 0.6) is 0 Å². The van der Waals surface area contributed by atoms with Crippen LogP contribution < -0.4 is 4.90 Å². The quantitative estimate of drug-likeness (QED) is 0.912. The van der Waals surface area contributed by atoms with Gasteiger partial charge in [-0.2, -0.15) is 0 Å². The maximum absolute atomic E-state index is 12.3. The van der Waals surface area contributed by atoms with Gasteiger partial charge >= 0.3 is 5.97 Å². The molecule has 0 aliphatic rings. The molecule has 0 saturated carbocycles. The van der Waals surface area contributed by atoms with Crippen molar-refractivity contribution in [3.63, 3.8) is 0 Å². The first-order chi connectivity index (χ1) is 9.11. The number of carbonyl (C=O) groups excluding carboxylic acids is 1. The lowest BCUT2D eigenvalue weighted by Crippen LogP contribution is -2.27. The van der Waals surface area contributed by atoms with Crippen molar-refractivity contribution in [3.8, 4) is 0 Å². The van der Waals surface area contributed by atoms with Crippen LogP contribution in [0.15, 0.2) is 48.8 Å². The summed E-state index contributed by atoms with van der Waals surface area (Å²) in [5, 5.41) is 9.09. The Hall–Kier alpha value is -2.69. The molecule has 0 bridgehead atoms. The second-order valence-electron chi connectivity index (χ2n) is 3.92. The number of aromatic nitrogens is 1. The first kappa shape index (κ1) is 12.8. The lowest BCUT2D eigenvalue weighted by atomic mass is 10.1. The Bertz CT molecular complexity index is 611. The smallest absolute Gasteiger partial charge is 0.336 e. The zero-order valence-corrected chi connectivity index (χ0v) is 10.3. The Kier molecular flexibility index (Phi) is 3.56. The summed E-state index contributed by atoms with van der Waals surface area (Å²) in [7, 11) is 1.59. The second-order valence-corrected chi connectivity index (χ2v) is 3.92. The van der Waals surface area contributed by atoms with Crippen molar-refractivity contribution in [3.05, 3.63) is 59.9 Å². The van der Waals surface area contributed by atoms with E-state index in [1.165, 1.54) is 17.0 Å². The van der Waals surface area contributed by atoms with Crippen LogP contribution >= 0.6 is 0 Å². The molecular formula is C14H12N2O3. The normalized spacial score (nSPS) is 9.95. The van der Waals surface area contributed by atoms with E-state index in [-0.39, 0.29) is 17.0 Å². The molecule has 19 heavy (non-hydrogen) atoms. The number of nitrogens with zero attached hydrogens (tertiary/aromatic N) is 2. The zero-order chi connectivity index (χ0) is 13.8. The number of carboxylic acid groups (broad SMARTS) is 1. The van der Waals surface area contributed by atoms with E-state index in [0.717, 1.165) is 0 Å². The molecule has 0 aliphatic heterocycles. The maximum Gasteiger partial charge on any atom is 0.336 e. The molecule has 0 radical (unpaired) electrons. The molecule has 2 aromatic rings. The third-order valence-electron chi connectivity index (χ3n) is 2.74. The maximum atomic E-state index is 12.3. The molecule has 96 valence electrons. The highest BCUT2D eigenvalue weighted by atomic mass is 16.4. The third-order valence-corrected chi connectivity index (χ3v) is 2.74. The van der Waals surface area contributed by atoms with Crippen molar-refractivity contribution in [2.45, 2.75) is 0 Å². The molecule has 0 saturated heterocycles. The average molecular weight is 256 g/mol. The largest absolute Gasteiger partial charge is 0.478 e. The van der Waals surface area contributed by atoms with Crippen molar-refractivity contribution >= 4 is 17.6 Å². The minimum atomic E-state index is -1.12. The summed E-state index contributed by atoms with van der Waals surface area (Å²) in [4.78, 5) is 28.7. The lowest BCUT2D eigenvalue weighted by Gasteiger charge is -2.18. The number of anilines is 1. The molecule has 0 atom stereocenters. The average Bonchev–Trinajstić information content (AvgIpc) is 2.46. The van der Waals surface area contributed by atoms with Gasteiger partial charge in [0.2, 0.25) is 0 Å². The van der Waals surface area contributed by atoms with Crippen molar-refractivity contribution in [1.82, 2.24) is 4.98 Å². The fourth-order valence-corrected chi connectivity index (χ4v) is 1.72. The van der Waals surface area contributed by atoms with Crippen molar-refractivity contribution in [1.29, 1.82) is 0 Å². The molecule has 0 unspecified atom stereocenters. The van der Waals surface area contributed by atoms with Crippen molar-refractivity contribution in [2.75, 3.05) is 11.9 Å². The summed E-state index contributed by atoms with van der Waals surface area (Å²) in [6, 6.07) is 9.51. The number of aromatic carboxylic acids is 1. The number of pyridine rings is 1. The van der Waals surface area contributed by atoms with Crippen LogP contribution in [0.4, 0.5) is 5.69 Å². The molecule has 0 spiro atoms. The van der Waals surface area contributed by atoms with Gasteiger partial charge in [0.05, 0.1) is 11.1 Å². The molecule has 2 rings (SSSR count). The zero-order valence-electron chi connectivity index (χ0n) is 10.3. The van der Waals surface area contributed by atoms with Crippen LogP contribution in [-0.4, -0.2) is 29.0 Å². The van der Waals surface area contributed by atoms with E-state index in [4.69, 9.17) is 5.11 Å². The predicted octanol–water partition coefficient (Wildman–Crippen LogP) is 2.06. The molecule has 1 N–H and O–H groups in total. The van der Waals surface area contributed by atoms with Crippen molar-refractivity contribution < 1.29 is 14.7 Å². The topological polar surface area (TPSA) is 70.5 Å². The SMILES string of the molecule is CN(C(=O)c1ccccc1C(=O)O)c1ccncc1. The monoisotopic (exact) mass is 256 g/mol. The fourth-order valence-electron chi connectivity index (χ4n) is 1.72. The van der Waals surface area contributed by atoms with Gasteiger partial charge in [-0.15, -0.1) is 0 Å². The van der Waals surface area contributed by atoms with E-state index in [9.17, 15) is 9.59 Å².